The fourth-order valence-electron chi connectivity index (χ4n) is 1.89. The molecule has 0 aromatic heterocycles. The van der Waals surface area contributed by atoms with Crippen LogP contribution in [0.5, 0.6) is 0 Å². The lowest BCUT2D eigenvalue weighted by atomic mass is 10.1. The van der Waals surface area contributed by atoms with Gasteiger partial charge in [-0.25, -0.2) is 13.1 Å². The van der Waals surface area contributed by atoms with Gasteiger partial charge >= 0.3 is 0 Å². The van der Waals surface area contributed by atoms with Crippen LogP contribution in [0.4, 0.5) is 5.69 Å². The summed E-state index contributed by atoms with van der Waals surface area (Å²) in [5.74, 6) is 0.720. The quantitative estimate of drug-likeness (QED) is 0.802. The first-order chi connectivity index (χ1) is 8.40. The van der Waals surface area contributed by atoms with Crippen LogP contribution in [-0.4, -0.2) is 15.0 Å². The number of aryl methyl sites for hydroxylation is 1. The largest absolute Gasteiger partial charge is 0.398 e. The number of nitrogens with two attached hydrogens (primary N) is 1. The van der Waals surface area contributed by atoms with Crippen LogP contribution in [0, 0.1) is 19.8 Å². The van der Waals surface area contributed by atoms with Crippen molar-refractivity contribution in [2.24, 2.45) is 5.92 Å². The molecule has 0 saturated heterocycles. The zero-order valence-corrected chi connectivity index (χ0v) is 11.7. The molecule has 0 unspecified atom stereocenters. The van der Waals surface area contributed by atoms with E-state index in [1.165, 1.54) is 18.9 Å². The molecule has 1 aromatic rings. The predicted molar refractivity (Wildman–Crippen MR) is 72.9 cm³/mol. The number of anilines is 1. The van der Waals surface area contributed by atoms with Crippen molar-refractivity contribution in [3.05, 3.63) is 23.3 Å². The highest BCUT2D eigenvalue weighted by Gasteiger charge is 2.22. The van der Waals surface area contributed by atoms with E-state index in [1.807, 2.05) is 13.8 Å². The topological polar surface area (TPSA) is 72.2 Å². The van der Waals surface area contributed by atoms with Gasteiger partial charge in [-0.3, -0.25) is 0 Å². The number of sulfonamides is 1. The van der Waals surface area contributed by atoms with E-state index >= 15 is 0 Å². The van der Waals surface area contributed by atoms with E-state index in [0.29, 0.717) is 12.2 Å². The zero-order valence-electron chi connectivity index (χ0n) is 10.9. The first-order valence-corrected chi connectivity index (χ1v) is 7.75. The Balaban J connectivity index is 2.12. The second-order valence-corrected chi connectivity index (χ2v) is 6.85. The molecule has 0 bridgehead atoms. The van der Waals surface area contributed by atoms with Gasteiger partial charge in [0.05, 0.1) is 4.90 Å². The molecule has 2 rings (SSSR count). The van der Waals surface area contributed by atoms with E-state index in [4.69, 9.17) is 5.73 Å². The molecule has 1 aromatic carbocycles. The van der Waals surface area contributed by atoms with E-state index in [2.05, 4.69) is 4.72 Å². The maximum Gasteiger partial charge on any atom is 0.240 e. The Morgan fingerprint density at radius 1 is 1.33 bits per heavy atom. The monoisotopic (exact) mass is 268 g/mol. The highest BCUT2D eigenvalue weighted by atomic mass is 32.2. The Morgan fingerprint density at radius 2 is 2.00 bits per heavy atom. The predicted octanol–water partition coefficient (Wildman–Crippen LogP) is 1.96. The molecular weight excluding hydrogens is 248 g/mol. The summed E-state index contributed by atoms with van der Waals surface area (Å²) in [5, 5.41) is 0. The van der Waals surface area contributed by atoms with E-state index < -0.39 is 10.0 Å². The molecule has 1 fully saturated rings. The van der Waals surface area contributed by atoms with Gasteiger partial charge in [-0.05, 0) is 49.4 Å². The maximum absolute atomic E-state index is 12.1. The molecule has 4 nitrogen and oxygen atoms in total. The molecular formula is C13H20N2O2S. The van der Waals surface area contributed by atoms with Crippen molar-refractivity contribution < 1.29 is 8.42 Å². The minimum absolute atomic E-state index is 0.263. The van der Waals surface area contributed by atoms with Crippen LogP contribution >= 0.6 is 0 Å². The molecule has 18 heavy (non-hydrogen) atoms. The summed E-state index contributed by atoms with van der Waals surface area (Å²) in [4.78, 5) is 0.263. The van der Waals surface area contributed by atoms with Crippen molar-refractivity contribution >= 4 is 15.7 Å². The first-order valence-electron chi connectivity index (χ1n) is 6.26. The van der Waals surface area contributed by atoms with Crippen LogP contribution in [0.15, 0.2) is 17.0 Å². The van der Waals surface area contributed by atoms with Crippen LogP contribution in [0.3, 0.4) is 0 Å². The molecule has 0 amide bonds. The normalized spacial score (nSPS) is 15.9. The third kappa shape index (κ3) is 3.03. The molecule has 1 aliphatic carbocycles. The van der Waals surface area contributed by atoms with Crippen molar-refractivity contribution in [2.75, 3.05) is 12.3 Å². The highest BCUT2D eigenvalue weighted by Crippen LogP contribution is 2.31. The van der Waals surface area contributed by atoms with E-state index in [1.54, 1.807) is 6.07 Å². The molecule has 0 heterocycles. The van der Waals surface area contributed by atoms with Crippen molar-refractivity contribution in [1.29, 1.82) is 0 Å². The maximum atomic E-state index is 12.1. The van der Waals surface area contributed by atoms with Crippen LogP contribution in [0.25, 0.3) is 0 Å². The first kappa shape index (κ1) is 13.4. The minimum atomic E-state index is -3.42. The van der Waals surface area contributed by atoms with E-state index in [0.717, 1.165) is 23.5 Å². The van der Waals surface area contributed by atoms with E-state index in [9.17, 15) is 8.42 Å². The standard InChI is InChI=1S/C13H20N2O2S/c1-9-7-12(8-13(14)10(9)2)18(16,17)15-6-5-11-3-4-11/h7-8,11,15H,3-6,14H2,1-2H3. The highest BCUT2D eigenvalue weighted by molar-refractivity contribution is 7.89. The zero-order chi connectivity index (χ0) is 13.3. The van der Waals surface area contributed by atoms with Gasteiger partial charge in [-0.15, -0.1) is 0 Å². The van der Waals surface area contributed by atoms with Crippen molar-refractivity contribution in [1.82, 2.24) is 4.72 Å². The van der Waals surface area contributed by atoms with Gasteiger partial charge in [0.2, 0.25) is 10.0 Å². The lowest BCUT2D eigenvalue weighted by molar-refractivity contribution is 0.575. The van der Waals surface area contributed by atoms with Gasteiger partial charge in [-0.1, -0.05) is 12.8 Å². The second-order valence-electron chi connectivity index (χ2n) is 5.08. The molecule has 0 radical (unpaired) electrons. The average Bonchev–Trinajstić information content (AvgIpc) is 3.09. The smallest absolute Gasteiger partial charge is 0.240 e. The van der Waals surface area contributed by atoms with Crippen LogP contribution < -0.4 is 10.5 Å². The molecule has 0 atom stereocenters. The minimum Gasteiger partial charge on any atom is -0.398 e. The lowest BCUT2D eigenvalue weighted by Gasteiger charge is -2.10. The van der Waals surface area contributed by atoms with Gasteiger partial charge < -0.3 is 5.73 Å². The van der Waals surface area contributed by atoms with Gasteiger partial charge in [0.15, 0.2) is 0 Å². The number of hydrogen-bond donors (Lipinski definition) is 2. The molecule has 1 aliphatic rings. The van der Waals surface area contributed by atoms with Crippen LogP contribution in [0.2, 0.25) is 0 Å². The Morgan fingerprint density at radius 3 is 2.56 bits per heavy atom. The number of nitrogens with one attached hydrogen (secondary N) is 1. The molecule has 100 valence electrons. The molecule has 0 spiro atoms. The van der Waals surface area contributed by atoms with E-state index in [-0.39, 0.29) is 4.90 Å². The Kier molecular flexibility index (Phi) is 3.64. The molecule has 3 N–H and O–H groups in total. The third-order valence-electron chi connectivity index (χ3n) is 3.53. The Bertz CT molecular complexity index is 525. The van der Waals surface area contributed by atoms with Crippen molar-refractivity contribution in [3.8, 4) is 0 Å². The summed E-state index contributed by atoms with van der Waals surface area (Å²) in [6, 6.07) is 3.20. The Hall–Kier alpha value is -1.07. The number of nitrogen functional groups attached to an aromatic ring is 1. The van der Waals surface area contributed by atoms with Gasteiger partial charge in [0.1, 0.15) is 0 Å². The summed E-state index contributed by atoms with van der Waals surface area (Å²) in [7, 11) is -3.42. The van der Waals surface area contributed by atoms with Crippen molar-refractivity contribution in [2.45, 2.75) is 38.0 Å². The van der Waals surface area contributed by atoms with Gasteiger partial charge in [0, 0.05) is 12.2 Å². The second kappa shape index (κ2) is 4.90. The number of benzene rings is 1. The van der Waals surface area contributed by atoms with Gasteiger partial charge in [0.25, 0.3) is 0 Å². The summed E-state index contributed by atoms with van der Waals surface area (Å²) in [6.07, 6.45) is 3.40. The SMILES string of the molecule is Cc1cc(S(=O)(=O)NCCC2CC2)cc(N)c1C. The lowest BCUT2D eigenvalue weighted by Crippen LogP contribution is -2.25. The van der Waals surface area contributed by atoms with Crippen LogP contribution in [-0.2, 0) is 10.0 Å². The average molecular weight is 268 g/mol. The van der Waals surface area contributed by atoms with Crippen molar-refractivity contribution in [3.63, 3.8) is 0 Å². The Labute approximate surface area is 109 Å². The fourth-order valence-corrected chi connectivity index (χ4v) is 3.06. The molecule has 0 aliphatic heterocycles. The summed E-state index contributed by atoms with van der Waals surface area (Å²) in [6.45, 7) is 4.27. The fraction of sp³-hybridized carbons (Fsp3) is 0.538. The summed E-state index contributed by atoms with van der Waals surface area (Å²) >= 11 is 0. The molecule has 1 saturated carbocycles. The number of rotatable bonds is 5. The third-order valence-corrected chi connectivity index (χ3v) is 4.97. The summed E-state index contributed by atoms with van der Waals surface area (Å²) in [5.41, 5.74) is 8.18. The molecule has 5 heteroatoms. The number of hydrogen-bond acceptors (Lipinski definition) is 3. The summed E-state index contributed by atoms with van der Waals surface area (Å²) < 4.78 is 26.8. The van der Waals surface area contributed by atoms with Gasteiger partial charge in [-0.2, -0.15) is 0 Å². The van der Waals surface area contributed by atoms with Crippen LogP contribution in [0.1, 0.15) is 30.4 Å².